The molecule has 0 radical (unpaired) electrons. The first-order chi connectivity index (χ1) is 13.0. The van der Waals surface area contributed by atoms with Crippen molar-refractivity contribution in [3.05, 3.63) is 46.7 Å². The summed E-state index contributed by atoms with van der Waals surface area (Å²) in [6.07, 6.45) is 2.71. The van der Waals surface area contributed by atoms with Crippen LogP contribution in [0.1, 0.15) is 35.7 Å². The lowest BCUT2D eigenvalue weighted by Gasteiger charge is -2.38. The summed E-state index contributed by atoms with van der Waals surface area (Å²) in [5.74, 6) is 0.257. The van der Waals surface area contributed by atoms with E-state index in [0.717, 1.165) is 6.42 Å². The molecule has 2 atom stereocenters. The molecule has 7 nitrogen and oxygen atoms in total. The molecular weight excluding hydrogens is 368 g/mol. The molecule has 1 fully saturated rings. The average molecular weight is 387 g/mol. The van der Waals surface area contributed by atoms with Crippen molar-refractivity contribution >= 4 is 17.4 Å². The average Bonchev–Trinajstić information content (AvgIpc) is 2.69. The van der Waals surface area contributed by atoms with Crippen LogP contribution in [0.25, 0.3) is 0 Å². The number of hydrogen-bond donors (Lipinski definition) is 1. The Balaban J connectivity index is 1.97. The van der Waals surface area contributed by atoms with Crippen molar-refractivity contribution < 1.29 is 14.3 Å². The van der Waals surface area contributed by atoms with E-state index in [1.807, 2.05) is 13.0 Å². The molecule has 0 bridgehead atoms. The van der Waals surface area contributed by atoms with Gasteiger partial charge in [0.05, 0.1) is 24.3 Å². The molecule has 1 saturated heterocycles. The van der Waals surface area contributed by atoms with Gasteiger partial charge in [0.15, 0.2) is 5.60 Å². The summed E-state index contributed by atoms with van der Waals surface area (Å²) in [6, 6.07) is 8.56. The molecule has 0 aromatic carbocycles. The quantitative estimate of drug-likeness (QED) is 0.623. The van der Waals surface area contributed by atoms with E-state index >= 15 is 0 Å². The number of halogens is 1. The van der Waals surface area contributed by atoms with Crippen molar-refractivity contribution in [3.63, 3.8) is 0 Å². The molecule has 0 saturated carbocycles. The third kappa shape index (κ3) is 4.02. The van der Waals surface area contributed by atoms with Crippen LogP contribution in [0.2, 0.25) is 5.15 Å². The molecule has 8 heteroatoms. The van der Waals surface area contributed by atoms with E-state index in [2.05, 4.69) is 15.3 Å². The number of carbonyl (C=O) groups excluding carboxylic acids is 1. The highest BCUT2D eigenvalue weighted by atomic mass is 35.5. The largest absolute Gasteiger partial charge is 0.481 e. The summed E-state index contributed by atoms with van der Waals surface area (Å²) in [5, 5.41) is 12.4. The highest BCUT2D eigenvalue weighted by Gasteiger charge is 2.45. The maximum absolute atomic E-state index is 13.4. The van der Waals surface area contributed by atoms with Gasteiger partial charge in [0, 0.05) is 30.9 Å². The lowest BCUT2D eigenvalue weighted by atomic mass is 9.84. The van der Waals surface area contributed by atoms with Crippen LogP contribution in [0.4, 0.5) is 0 Å². The van der Waals surface area contributed by atoms with Crippen LogP contribution in [-0.4, -0.2) is 41.0 Å². The lowest BCUT2D eigenvalue weighted by molar-refractivity contribution is 0.0264. The van der Waals surface area contributed by atoms with Crippen molar-refractivity contribution in [1.82, 2.24) is 15.3 Å². The maximum atomic E-state index is 13.4. The first-order valence-corrected chi connectivity index (χ1v) is 8.89. The van der Waals surface area contributed by atoms with Gasteiger partial charge in [-0.3, -0.25) is 4.79 Å². The number of ketones is 1. The van der Waals surface area contributed by atoms with Gasteiger partial charge < -0.3 is 14.8 Å². The van der Waals surface area contributed by atoms with Crippen LogP contribution in [0.5, 0.6) is 11.8 Å². The van der Waals surface area contributed by atoms with E-state index in [1.165, 1.54) is 19.4 Å². The topological polar surface area (TPSA) is 97.1 Å². The summed E-state index contributed by atoms with van der Waals surface area (Å²) in [6.45, 7) is 2.35. The van der Waals surface area contributed by atoms with Crippen LogP contribution in [0.15, 0.2) is 30.5 Å². The maximum Gasteiger partial charge on any atom is 0.215 e. The smallest absolute Gasteiger partial charge is 0.215 e. The molecule has 1 aliphatic heterocycles. The molecule has 140 valence electrons. The Morgan fingerprint density at radius 2 is 2.22 bits per heavy atom. The van der Waals surface area contributed by atoms with Gasteiger partial charge in [0.25, 0.3) is 0 Å². The first-order valence-electron chi connectivity index (χ1n) is 8.51. The number of methoxy groups -OCH3 is 1. The van der Waals surface area contributed by atoms with Crippen LogP contribution >= 0.6 is 11.6 Å². The fourth-order valence-electron chi connectivity index (χ4n) is 2.99. The molecule has 2 aromatic heterocycles. The number of carbonyl (C=O) groups is 1. The second-order valence-corrected chi connectivity index (χ2v) is 6.79. The van der Waals surface area contributed by atoms with Crippen molar-refractivity contribution in [2.75, 3.05) is 13.7 Å². The number of pyridine rings is 2. The van der Waals surface area contributed by atoms with Crippen molar-refractivity contribution in [2.45, 2.75) is 31.4 Å². The minimum absolute atomic E-state index is 0.0553. The number of hydrogen-bond acceptors (Lipinski definition) is 7. The van der Waals surface area contributed by atoms with Gasteiger partial charge >= 0.3 is 0 Å². The van der Waals surface area contributed by atoms with Gasteiger partial charge in [0.2, 0.25) is 17.5 Å². The number of aromatic nitrogens is 2. The Labute approximate surface area is 162 Å². The van der Waals surface area contributed by atoms with Gasteiger partial charge in [-0.2, -0.15) is 5.26 Å². The summed E-state index contributed by atoms with van der Waals surface area (Å²) in [4.78, 5) is 21.6. The van der Waals surface area contributed by atoms with Crippen molar-refractivity contribution in [3.8, 4) is 17.8 Å². The SMILES string of the molecule is COc1ccc(C(=O)[C@@]2(Oc3cc(C#N)ccn3)CC[C@@H](C)NC2)c(Cl)n1. The Morgan fingerprint density at radius 1 is 1.41 bits per heavy atom. The number of nitrogens with zero attached hydrogens (tertiary/aromatic N) is 3. The summed E-state index contributed by atoms with van der Waals surface area (Å²) >= 11 is 6.22. The Kier molecular flexibility index (Phi) is 5.59. The molecule has 0 spiro atoms. The Hall–Kier alpha value is -2.69. The number of Topliss-reactive ketones (excluding diaryl/α,β-unsaturated/α-hetero) is 1. The second-order valence-electron chi connectivity index (χ2n) is 6.43. The van der Waals surface area contributed by atoms with Gasteiger partial charge in [0.1, 0.15) is 5.15 Å². The summed E-state index contributed by atoms with van der Waals surface area (Å²) in [7, 11) is 1.48. The number of piperidine rings is 1. The fourth-order valence-corrected chi connectivity index (χ4v) is 3.22. The van der Waals surface area contributed by atoms with Gasteiger partial charge in [-0.1, -0.05) is 11.6 Å². The standard InChI is InChI=1S/C19H19ClN4O3/c1-12-5-7-19(11-23-12,27-16-9-13(10-21)6-8-22-16)17(25)14-3-4-15(26-2)24-18(14)20/h3-4,6,8-9,12,23H,5,7,11H2,1-2H3/t12-,19-/m1/s1. The molecule has 1 aliphatic rings. The first kappa shape index (κ1) is 19.1. The summed E-state index contributed by atoms with van der Waals surface area (Å²) in [5.41, 5.74) is -0.526. The Morgan fingerprint density at radius 3 is 2.85 bits per heavy atom. The molecule has 0 amide bonds. The van der Waals surface area contributed by atoms with Gasteiger partial charge in [-0.25, -0.2) is 9.97 Å². The highest BCUT2D eigenvalue weighted by Crippen LogP contribution is 2.31. The predicted molar refractivity (Wildman–Crippen MR) is 99.1 cm³/mol. The number of nitrogens with one attached hydrogen (secondary N) is 1. The summed E-state index contributed by atoms with van der Waals surface area (Å²) < 4.78 is 11.1. The third-order valence-electron chi connectivity index (χ3n) is 4.57. The highest BCUT2D eigenvalue weighted by molar-refractivity contribution is 6.33. The lowest BCUT2D eigenvalue weighted by Crippen LogP contribution is -2.58. The zero-order chi connectivity index (χ0) is 19.4. The zero-order valence-electron chi connectivity index (χ0n) is 15.0. The van der Waals surface area contributed by atoms with E-state index in [1.54, 1.807) is 18.2 Å². The van der Waals surface area contributed by atoms with E-state index in [4.69, 9.17) is 26.3 Å². The predicted octanol–water partition coefficient (Wildman–Crippen LogP) is 2.78. The third-order valence-corrected chi connectivity index (χ3v) is 4.86. The molecule has 3 heterocycles. The monoisotopic (exact) mass is 386 g/mol. The second kappa shape index (κ2) is 7.91. The normalized spacial score (nSPS) is 21.9. The number of rotatable bonds is 5. The number of nitriles is 1. The van der Waals surface area contributed by atoms with Crippen molar-refractivity contribution in [2.24, 2.45) is 0 Å². The van der Waals surface area contributed by atoms with Gasteiger partial charge in [-0.05, 0) is 31.9 Å². The van der Waals surface area contributed by atoms with E-state index < -0.39 is 5.60 Å². The van der Waals surface area contributed by atoms with E-state index in [-0.39, 0.29) is 28.4 Å². The molecule has 2 aromatic rings. The minimum Gasteiger partial charge on any atom is -0.481 e. The molecule has 3 rings (SSSR count). The van der Waals surface area contributed by atoms with Gasteiger partial charge in [-0.15, -0.1) is 0 Å². The molecule has 1 N–H and O–H groups in total. The van der Waals surface area contributed by atoms with E-state index in [9.17, 15) is 4.79 Å². The van der Waals surface area contributed by atoms with Crippen LogP contribution < -0.4 is 14.8 Å². The van der Waals surface area contributed by atoms with Crippen molar-refractivity contribution in [1.29, 1.82) is 5.26 Å². The van der Waals surface area contributed by atoms with E-state index in [0.29, 0.717) is 24.4 Å². The van der Waals surface area contributed by atoms with Crippen LogP contribution in [-0.2, 0) is 0 Å². The molecular formula is C19H19ClN4O3. The molecule has 0 aliphatic carbocycles. The zero-order valence-corrected chi connectivity index (χ0v) is 15.8. The van der Waals surface area contributed by atoms with Crippen LogP contribution in [0.3, 0.4) is 0 Å². The minimum atomic E-state index is -1.19. The van der Waals surface area contributed by atoms with Crippen LogP contribution in [0, 0.1) is 11.3 Å². The molecule has 0 unspecified atom stereocenters. The number of ether oxygens (including phenoxy) is 2. The Bertz CT molecular complexity index is 889. The fraction of sp³-hybridized carbons (Fsp3) is 0.368. The molecule has 27 heavy (non-hydrogen) atoms.